The maximum absolute atomic E-state index is 11.9. The number of methoxy groups -OCH3 is 1. The summed E-state index contributed by atoms with van der Waals surface area (Å²) in [6, 6.07) is 4.65. The molecule has 1 amide bonds. The van der Waals surface area contributed by atoms with Gasteiger partial charge in [-0.05, 0) is 24.6 Å². The third-order valence-corrected chi connectivity index (χ3v) is 3.25. The number of carbonyl (C=O) groups excluding carboxylic acids is 2. The van der Waals surface area contributed by atoms with Crippen molar-refractivity contribution in [1.29, 1.82) is 0 Å². The number of ether oxygens (including phenoxy) is 1. The van der Waals surface area contributed by atoms with E-state index in [1.54, 1.807) is 12.1 Å². The number of hydrogen-bond acceptors (Lipinski definition) is 5. The number of rotatable bonds is 3. The maximum atomic E-state index is 11.9. The number of aromatic hydroxyl groups is 1. The Balaban J connectivity index is 2.36. The van der Waals surface area contributed by atoms with Crippen LogP contribution in [0.15, 0.2) is 18.2 Å². The van der Waals surface area contributed by atoms with Crippen LogP contribution in [0, 0.1) is 5.92 Å². The summed E-state index contributed by atoms with van der Waals surface area (Å²) >= 11 is 0. The maximum Gasteiger partial charge on any atom is 0.341 e. The number of nitrogens with two attached hydrogens (primary N) is 1. The second-order valence-electron chi connectivity index (χ2n) is 4.48. The Labute approximate surface area is 110 Å². The first-order valence-electron chi connectivity index (χ1n) is 5.99. The van der Waals surface area contributed by atoms with Crippen LogP contribution in [0.25, 0.3) is 0 Å². The fraction of sp³-hybridized carbons (Fsp3) is 0.385. The summed E-state index contributed by atoms with van der Waals surface area (Å²) in [5, 5.41) is 10.1. The molecule has 0 aliphatic carbocycles. The summed E-state index contributed by atoms with van der Waals surface area (Å²) in [5.74, 6) is -0.900. The average molecular weight is 264 g/mol. The van der Waals surface area contributed by atoms with Crippen LogP contribution in [0.5, 0.6) is 5.75 Å². The molecule has 1 atom stereocenters. The van der Waals surface area contributed by atoms with Crippen molar-refractivity contribution < 1.29 is 19.4 Å². The van der Waals surface area contributed by atoms with Gasteiger partial charge in [0.25, 0.3) is 0 Å². The smallest absolute Gasteiger partial charge is 0.341 e. The van der Waals surface area contributed by atoms with Crippen molar-refractivity contribution in [2.75, 3.05) is 25.1 Å². The number of amides is 1. The van der Waals surface area contributed by atoms with Crippen molar-refractivity contribution in [3.63, 3.8) is 0 Å². The topological polar surface area (TPSA) is 92.9 Å². The lowest BCUT2D eigenvalue weighted by Crippen LogP contribution is -2.26. The number of carbonyl (C=O) groups is 2. The lowest BCUT2D eigenvalue weighted by atomic mass is 10.1. The van der Waals surface area contributed by atoms with Gasteiger partial charge >= 0.3 is 5.97 Å². The average Bonchev–Trinajstić information content (AvgIpc) is 2.79. The zero-order valence-corrected chi connectivity index (χ0v) is 10.6. The van der Waals surface area contributed by atoms with Crippen molar-refractivity contribution in [3.8, 4) is 5.75 Å². The molecule has 1 aromatic rings. The van der Waals surface area contributed by atoms with Gasteiger partial charge in [-0.3, -0.25) is 4.79 Å². The Morgan fingerprint density at radius 2 is 2.32 bits per heavy atom. The zero-order chi connectivity index (χ0) is 14.0. The molecule has 1 aliphatic heterocycles. The van der Waals surface area contributed by atoms with Crippen LogP contribution in [0.4, 0.5) is 5.69 Å². The second-order valence-corrected chi connectivity index (χ2v) is 4.48. The SMILES string of the molecule is COC(=O)c1cccc(N2CC(CN)CC2=O)c1O. The number of anilines is 1. The highest BCUT2D eigenvalue weighted by molar-refractivity contribution is 6.01. The van der Waals surface area contributed by atoms with Crippen molar-refractivity contribution in [2.24, 2.45) is 11.7 Å². The molecule has 102 valence electrons. The molecule has 0 aromatic heterocycles. The highest BCUT2D eigenvalue weighted by Gasteiger charge is 2.32. The predicted molar refractivity (Wildman–Crippen MR) is 69.0 cm³/mol. The van der Waals surface area contributed by atoms with E-state index in [-0.39, 0.29) is 23.1 Å². The van der Waals surface area contributed by atoms with Gasteiger partial charge in [0, 0.05) is 13.0 Å². The fourth-order valence-corrected chi connectivity index (χ4v) is 2.20. The molecule has 1 unspecified atom stereocenters. The van der Waals surface area contributed by atoms with E-state index in [1.165, 1.54) is 18.1 Å². The number of hydrogen-bond donors (Lipinski definition) is 2. The van der Waals surface area contributed by atoms with Crippen molar-refractivity contribution in [2.45, 2.75) is 6.42 Å². The summed E-state index contributed by atoms with van der Waals surface area (Å²) in [4.78, 5) is 24.8. The summed E-state index contributed by atoms with van der Waals surface area (Å²) in [7, 11) is 1.24. The Morgan fingerprint density at radius 1 is 1.58 bits per heavy atom. The molecule has 1 heterocycles. The van der Waals surface area contributed by atoms with E-state index in [1.807, 2.05) is 0 Å². The molecule has 3 N–H and O–H groups in total. The zero-order valence-electron chi connectivity index (χ0n) is 10.6. The Hall–Kier alpha value is -2.08. The second kappa shape index (κ2) is 5.27. The number of phenols is 1. The Kier molecular flexibility index (Phi) is 3.71. The normalized spacial score (nSPS) is 18.7. The minimum atomic E-state index is -0.638. The summed E-state index contributed by atoms with van der Waals surface area (Å²) in [5.41, 5.74) is 5.93. The highest BCUT2D eigenvalue weighted by Crippen LogP contribution is 2.34. The van der Waals surface area contributed by atoms with Gasteiger partial charge in [-0.1, -0.05) is 6.07 Å². The molecular formula is C13H16N2O4. The van der Waals surface area contributed by atoms with E-state index in [0.717, 1.165) is 0 Å². The van der Waals surface area contributed by atoms with Gasteiger partial charge in [0.1, 0.15) is 5.56 Å². The highest BCUT2D eigenvalue weighted by atomic mass is 16.5. The van der Waals surface area contributed by atoms with E-state index in [2.05, 4.69) is 4.74 Å². The van der Waals surface area contributed by atoms with Gasteiger partial charge in [-0.25, -0.2) is 4.79 Å². The predicted octanol–water partition coefficient (Wildman–Crippen LogP) is 0.490. The molecule has 0 spiro atoms. The molecule has 0 bridgehead atoms. The Morgan fingerprint density at radius 3 is 2.89 bits per heavy atom. The number of phenolic OH excluding ortho intramolecular Hbond substituents is 1. The van der Waals surface area contributed by atoms with E-state index < -0.39 is 5.97 Å². The minimum Gasteiger partial charge on any atom is -0.505 e. The van der Waals surface area contributed by atoms with Crippen LogP contribution in [-0.2, 0) is 9.53 Å². The van der Waals surface area contributed by atoms with Crippen LogP contribution in [0.2, 0.25) is 0 Å². The molecule has 1 saturated heterocycles. The number of para-hydroxylation sites is 1. The monoisotopic (exact) mass is 264 g/mol. The largest absolute Gasteiger partial charge is 0.505 e. The molecule has 1 aromatic carbocycles. The molecule has 19 heavy (non-hydrogen) atoms. The van der Waals surface area contributed by atoms with Crippen LogP contribution in [0.3, 0.4) is 0 Å². The van der Waals surface area contributed by atoms with Gasteiger partial charge < -0.3 is 20.5 Å². The first-order chi connectivity index (χ1) is 9.08. The fourth-order valence-electron chi connectivity index (χ4n) is 2.20. The molecule has 6 heteroatoms. The first kappa shape index (κ1) is 13.4. The van der Waals surface area contributed by atoms with Gasteiger partial charge in [0.05, 0.1) is 12.8 Å². The van der Waals surface area contributed by atoms with E-state index in [9.17, 15) is 14.7 Å². The van der Waals surface area contributed by atoms with Gasteiger partial charge in [-0.15, -0.1) is 0 Å². The molecule has 0 radical (unpaired) electrons. The first-order valence-corrected chi connectivity index (χ1v) is 5.99. The molecule has 1 fully saturated rings. The van der Waals surface area contributed by atoms with Crippen LogP contribution < -0.4 is 10.6 Å². The van der Waals surface area contributed by atoms with Gasteiger partial charge in [0.2, 0.25) is 5.91 Å². The van der Waals surface area contributed by atoms with E-state index >= 15 is 0 Å². The number of benzene rings is 1. The Bertz CT molecular complexity index is 515. The molecule has 0 saturated carbocycles. The van der Waals surface area contributed by atoms with Crippen LogP contribution in [0.1, 0.15) is 16.8 Å². The summed E-state index contributed by atoms with van der Waals surface area (Å²) < 4.78 is 4.58. The third kappa shape index (κ3) is 2.39. The van der Waals surface area contributed by atoms with E-state index in [4.69, 9.17) is 5.73 Å². The van der Waals surface area contributed by atoms with Crippen LogP contribution in [-0.4, -0.2) is 37.2 Å². The number of esters is 1. The quantitative estimate of drug-likeness (QED) is 0.775. The van der Waals surface area contributed by atoms with E-state index in [0.29, 0.717) is 25.2 Å². The lowest BCUT2D eigenvalue weighted by molar-refractivity contribution is -0.117. The molecular weight excluding hydrogens is 248 g/mol. The summed E-state index contributed by atoms with van der Waals surface area (Å²) in [6.45, 7) is 0.868. The third-order valence-electron chi connectivity index (χ3n) is 3.25. The minimum absolute atomic E-state index is 0.0454. The van der Waals surface area contributed by atoms with Gasteiger partial charge in [-0.2, -0.15) is 0 Å². The van der Waals surface area contributed by atoms with Crippen LogP contribution >= 0.6 is 0 Å². The molecule has 2 rings (SSSR count). The molecule has 1 aliphatic rings. The van der Waals surface area contributed by atoms with Crippen molar-refractivity contribution >= 4 is 17.6 Å². The van der Waals surface area contributed by atoms with Crippen molar-refractivity contribution in [1.82, 2.24) is 0 Å². The lowest BCUT2D eigenvalue weighted by Gasteiger charge is -2.19. The molecule has 6 nitrogen and oxygen atoms in total. The van der Waals surface area contributed by atoms with Crippen molar-refractivity contribution in [3.05, 3.63) is 23.8 Å². The summed E-state index contributed by atoms with van der Waals surface area (Å²) in [6.07, 6.45) is 0.360. The number of nitrogens with zero attached hydrogens (tertiary/aromatic N) is 1. The van der Waals surface area contributed by atoms with Gasteiger partial charge in [0.15, 0.2) is 5.75 Å². The standard InChI is InChI=1S/C13H16N2O4/c1-19-13(18)9-3-2-4-10(12(9)17)15-7-8(6-14)5-11(15)16/h2-4,8,17H,5-7,14H2,1H3.